The van der Waals surface area contributed by atoms with Crippen molar-refractivity contribution in [3.8, 4) is 16.9 Å². The van der Waals surface area contributed by atoms with E-state index in [2.05, 4.69) is 21.2 Å². The molecule has 1 heterocycles. The van der Waals surface area contributed by atoms with Crippen molar-refractivity contribution in [1.82, 2.24) is 0 Å². The summed E-state index contributed by atoms with van der Waals surface area (Å²) in [4.78, 5) is 0.593. The zero-order valence-corrected chi connectivity index (χ0v) is 18.7. The average Bonchev–Trinajstić information content (AvgIpc) is 3.23. The molecule has 1 fully saturated rings. The lowest BCUT2D eigenvalue weighted by atomic mass is 10.0. The van der Waals surface area contributed by atoms with E-state index < -0.39 is 0 Å². The molecule has 4 rings (SSSR count). The third-order valence-corrected chi connectivity index (χ3v) is 5.87. The molecule has 1 atom stereocenters. The van der Waals surface area contributed by atoms with Crippen LogP contribution in [0.15, 0.2) is 71.2 Å². The number of benzene rings is 3. The molecule has 3 aromatic rings. The molecular formula is C23H19BrClNO2S. The van der Waals surface area contributed by atoms with Crippen LogP contribution in [0.1, 0.15) is 12.0 Å². The number of hydrogen-bond acceptors (Lipinski definition) is 3. The molecule has 148 valence electrons. The lowest BCUT2D eigenvalue weighted by molar-refractivity contribution is 0.141. The summed E-state index contributed by atoms with van der Waals surface area (Å²) in [6, 6.07) is 21.7. The predicted molar refractivity (Wildman–Crippen MR) is 126 cm³/mol. The summed E-state index contributed by atoms with van der Waals surface area (Å²) < 4.78 is 12.7. The molecule has 1 unspecified atom stereocenters. The summed E-state index contributed by atoms with van der Waals surface area (Å²) >= 11 is 15.6. The predicted octanol–water partition coefficient (Wildman–Crippen LogP) is 6.72. The molecule has 0 aromatic heterocycles. The van der Waals surface area contributed by atoms with Gasteiger partial charge >= 0.3 is 0 Å². The van der Waals surface area contributed by atoms with E-state index in [1.54, 1.807) is 0 Å². The molecule has 0 saturated carbocycles. The number of thiocarbonyl (C=S) groups is 1. The second-order valence-corrected chi connectivity index (χ2v) is 8.49. The van der Waals surface area contributed by atoms with Gasteiger partial charge in [-0.15, -0.1) is 0 Å². The first-order valence-corrected chi connectivity index (χ1v) is 10.9. The Morgan fingerprint density at radius 3 is 2.62 bits per heavy atom. The van der Waals surface area contributed by atoms with Crippen molar-refractivity contribution in [3.63, 3.8) is 0 Å². The van der Waals surface area contributed by atoms with Gasteiger partial charge < -0.3 is 14.8 Å². The maximum atomic E-state index is 6.41. The Bertz CT molecular complexity index is 1020. The van der Waals surface area contributed by atoms with E-state index in [0.29, 0.717) is 16.6 Å². The van der Waals surface area contributed by atoms with Crippen LogP contribution in [0.25, 0.3) is 11.1 Å². The quantitative estimate of drug-likeness (QED) is 0.404. The van der Waals surface area contributed by atoms with Gasteiger partial charge in [-0.3, -0.25) is 0 Å². The van der Waals surface area contributed by atoms with Gasteiger partial charge in [0.15, 0.2) is 0 Å². The highest BCUT2D eigenvalue weighted by atomic mass is 79.9. The summed E-state index contributed by atoms with van der Waals surface area (Å²) in [5, 5.41) is 4.01. The molecule has 1 aliphatic heterocycles. The molecular weight excluding hydrogens is 470 g/mol. The monoisotopic (exact) mass is 487 g/mol. The first-order valence-electron chi connectivity index (χ1n) is 9.30. The van der Waals surface area contributed by atoms with Crippen LogP contribution >= 0.6 is 39.7 Å². The molecule has 29 heavy (non-hydrogen) atoms. The molecule has 0 spiro atoms. The second kappa shape index (κ2) is 9.26. The first kappa shape index (κ1) is 20.4. The zero-order chi connectivity index (χ0) is 20.2. The van der Waals surface area contributed by atoms with Crippen LogP contribution in [0.2, 0.25) is 5.02 Å². The molecule has 3 nitrogen and oxygen atoms in total. The van der Waals surface area contributed by atoms with Crippen LogP contribution in [-0.4, -0.2) is 24.3 Å². The molecule has 1 saturated heterocycles. The van der Waals surface area contributed by atoms with Crippen molar-refractivity contribution in [2.24, 2.45) is 0 Å². The van der Waals surface area contributed by atoms with Gasteiger partial charge in [0.1, 0.15) is 16.8 Å². The number of anilines is 1. The largest absolute Gasteiger partial charge is 0.487 e. The third kappa shape index (κ3) is 4.98. The minimum Gasteiger partial charge on any atom is -0.487 e. The summed E-state index contributed by atoms with van der Waals surface area (Å²) in [5.74, 6) is 0.742. The molecule has 0 bridgehead atoms. The van der Waals surface area contributed by atoms with Crippen LogP contribution in [-0.2, 0) is 4.74 Å². The average molecular weight is 489 g/mol. The van der Waals surface area contributed by atoms with Gasteiger partial charge in [0, 0.05) is 27.2 Å². The number of nitrogens with one attached hydrogen (secondary N) is 1. The van der Waals surface area contributed by atoms with Crippen LogP contribution < -0.4 is 10.1 Å². The topological polar surface area (TPSA) is 30.5 Å². The number of halogens is 2. The van der Waals surface area contributed by atoms with Crippen LogP contribution in [0.3, 0.4) is 0 Å². The lowest BCUT2D eigenvalue weighted by Crippen LogP contribution is -2.19. The second-order valence-electron chi connectivity index (χ2n) is 6.76. The Morgan fingerprint density at radius 2 is 1.90 bits per heavy atom. The van der Waals surface area contributed by atoms with E-state index in [9.17, 15) is 0 Å². The molecule has 1 N–H and O–H groups in total. The fourth-order valence-corrected chi connectivity index (χ4v) is 3.98. The molecule has 3 aromatic carbocycles. The van der Waals surface area contributed by atoms with Gasteiger partial charge in [0.05, 0.1) is 18.8 Å². The summed E-state index contributed by atoms with van der Waals surface area (Å²) in [6.45, 7) is 1.32. The number of hydrogen-bond donors (Lipinski definition) is 1. The van der Waals surface area contributed by atoms with Gasteiger partial charge in [-0.1, -0.05) is 64.0 Å². The van der Waals surface area contributed by atoms with Gasteiger partial charge in [0.2, 0.25) is 0 Å². The number of ether oxygens (including phenoxy) is 2. The summed E-state index contributed by atoms with van der Waals surface area (Å²) in [7, 11) is 0. The Hall–Kier alpha value is -1.92. The standard InChI is InChI=1S/C23H19BrClNO2S/c24-16-6-8-17(9-7-16)26-23(29)20-13-15(19-3-1-2-4-21(19)25)5-10-22(20)28-18-11-12-27-14-18/h1-10,13,18H,11-12,14H2,(H,26,29). The SMILES string of the molecule is S=C(Nc1ccc(Br)cc1)c1cc(-c2ccccc2Cl)ccc1OC1CCOC1. The Kier molecular flexibility index (Phi) is 6.50. The van der Waals surface area contributed by atoms with E-state index in [-0.39, 0.29) is 6.10 Å². The van der Waals surface area contributed by atoms with Crippen molar-refractivity contribution in [3.05, 3.63) is 81.8 Å². The highest BCUT2D eigenvalue weighted by molar-refractivity contribution is 9.10. The summed E-state index contributed by atoms with van der Waals surface area (Å²) in [5.41, 5.74) is 3.68. The zero-order valence-electron chi connectivity index (χ0n) is 15.5. The molecule has 0 aliphatic carbocycles. The van der Waals surface area contributed by atoms with E-state index in [4.69, 9.17) is 33.3 Å². The minimum atomic E-state index is 0.0374. The van der Waals surface area contributed by atoms with Crippen molar-refractivity contribution < 1.29 is 9.47 Å². The molecule has 0 radical (unpaired) electrons. The fourth-order valence-electron chi connectivity index (χ4n) is 3.19. The van der Waals surface area contributed by atoms with Crippen molar-refractivity contribution in [1.29, 1.82) is 0 Å². The van der Waals surface area contributed by atoms with E-state index in [1.807, 2.05) is 66.7 Å². The van der Waals surface area contributed by atoms with Crippen LogP contribution in [0, 0.1) is 0 Å². The molecule has 6 heteroatoms. The summed E-state index contributed by atoms with van der Waals surface area (Å²) in [6.07, 6.45) is 0.911. The first-order chi connectivity index (χ1) is 14.1. The molecule has 1 aliphatic rings. The van der Waals surface area contributed by atoms with Gasteiger partial charge in [-0.05, 0) is 48.0 Å². The third-order valence-electron chi connectivity index (χ3n) is 4.69. The van der Waals surface area contributed by atoms with Gasteiger partial charge in [0.25, 0.3) is 0 Å². The Morgan fingerprint density at radius 1 is 1.10 bits per heavy atom. The lowest BCUT2D eigenvalue weighted by Gasteiger charge is -2.18. The Labute approximate surface area is 189 Å². The highest BCUT2D eigenvalue weighted by Gasteiger charge is 2.20. The smallest absolute Gasteiger partial charge is 0.130 e. The van der Waals surface area contributed by atoms with Crippen LogP contribution in [0.4, 0.5) is 5.69 Å². The molecule has 0 amide bonds. The highest BCUT2D eigenvalue weighted by Crippen LogP contribution is 2.33. The fraction of sp³-hybridized carbons (Fsp3) is 0.174. The minimum absolute atomic E-state index is 0.0374. The van der Waals surface area contributed by atoms with Crippen LogP contribution in [0.5, 0.6) is 5.75 Å². The normalized spacial score (nSPS) is 15.9. The maximum absolute atomic E-state index is 6.41. The van der Waals surface area contributed by atoms with Crippen molar-refractivity contribution in [2.45, 2.75) is 12.5 Å². The van der Waals surface area contributed by atoms with E-state index in [1.165, 1.54) is 0 Å². The van der Waals surface area contributed by atoms with Gasteiger partial charge in [-0.25, -0.2) is 0 Å². The Balaban J connectivity index is 1.68. The van der Waals surface area contributed by atoms with Crippen molar-refractivity contribution >= 4 is 50.4 Å². The number of rotatable bonds is 5. The van der Waals surface area contributed by atoms with Crippen molar-refractivity contribution in [2.75, 3.05) is 18.5 Å². The van der Waals surface area contributed by atoms with E-state index >= 15 is 0 Å². The maximum Gasteiger partial charge on any atom is 0.130 e. The van der Waals surface area contributed by atoms with E-state index in [0.717, 1.165) is 45.6 Å². The van der Waals surface area contributed by atoms with Gasteiger partial charge in [-0.2, -0.15) is 0 Å².